The first-order valence-corrected chi connectivity index (χ1v) is 8.01. The predicted molar refractivity (Wildman–Crippen MR) is 90.5 cm³/mol. The van der Waals surface area contributed by atoms with Crippen LogP contribution in [0.15, 0.2) is 46.9 Å². The molecular formula is C17H19BrClN. The molecule has 106 valence electrons. The molecule has 20 heavy (non-hydrogen) atoms. The summed E-state index contributed by atoms with van der Waals surface area (Å²) in [5, 5.41) is 4.39. The van der Waals surface area contributed by atoms with E-state index in [0.717, 1.165) is 28.0 Å². The molecule has 0 bridgehead atoms. The van der Waals surface area contributed by atoms with Crippen LogP contribution < -0.4 is 5.32 Å². The number of hydrogen-bond acceptors (Lipinski definition) is 1. The zero-order valence-electron chi connectivity index (χ0n) is 11.8. The number of halogens is 2. The van der Waals surface area contributed by atoms with Crippen LogP contribution in [0.2, 0.25) is 5.02 Å². The maximum Gasteiger partial charge on any atom is 0.0438 e. The summed E-state index contributed by atoms with van der Waals surface area (Å²) in [7, 11) is 0. The largest absolute Gasteiger partial charge is 0.310 e. The van der Waals surface area contributed by atoms with Gasteiger partial charge in [-0.25, -0.2) is 0 Å². The first kappa shape index (κ1) is 15.6. The molecule has 0 radical (unpaired) electrons. The molecule has 2 aromatic carbocycles. The summed E-state index contributed by atoms with van der Waals surface area (Å²) >= 11 is 9.72. The van der Waals surface area contributed by atoms with E-state index in [-0.39, 0.29) is 0 Å². The molecule has 1 N–H and O–H groups in total. The Balaban J connectivity index is 2.26. The van der Waals surface area contributed by atoms with Gasteiger partial charge in [-0.15, -0.1) is 0 Å². The van der Waals surface area contributed by atoms with E-state index < -0.39 is 0 Å². The number of hydrogen-bond donors (Lipinski definition) is 1. The molecule has 0 aliphatic heterocycles. The number of likely N-dealkylation sites (N-methyl/N-ethyl adjacent to an activating group) is 1. The van der Waals surface area contributed by atoms with Crippen molar-refractivity contribution in [1.82, 2.24) is 5.32 Å². The van der Waals surface area contributed by atoms with Crippen LogP contribution in [-0.2, 0) is 6.42 Å². The van der Waals surface area contributed by atoms with Crippen LogP contribution in [0.1, 0.15) is 29.7 Å². The van der Waals surface area contributed by atoms with Gasteiger partial charge >= 0.3 is 0 Å². The van der Waals surface area contributed by atoms with Crippen molar-refractivity contribution < 1.29 is 0 Å². The molecular weight excluding hydrogens is 334 g/mol. The maximum absolute atomic E-state index is 6.25. The minimum Gasteiger partial charge on any atom is -0.310 e. The summed E-state index contributed by atoms with van der Waals surface area (Å²) in [4.78, 5) is 0. The van der Waals surface area contributed by atoms with E-state index >= 15 is 0 Å². The second kappa shape index (κ2) is 7.26. The molecule has 1 unspecified atom stereocenters. The van der Waals surface area contributed by atoms with Crippen LogP contribution in [-0.4, -0.2) is 6.54 Å². The summed E-state index contributed by atoms with van der Waals surface area (Å²) in [5.41, 5.74) is 3.76. The van der Waals surface area contributed by atoms with Crippen LogP contribution >= 0.6 is 27.5 Å². The highest BCUT2D eigenvalue weighted by molar-refractivity contribution is 9.10. The first-order chi connectivity index (χ1) is 9.61. The molecule has 0 spiro atoms. The topological polar surface area (TPSA) is 12.0 Å². The van der Waals surface area contributed by atoms with E-state index in [0.29, 0.717) is 6.04 Å². The molecule has 1 nitrogen and oxygen atoms in total. The standard InChI is InChI=1S/C17H19BrClN/c1-3-20-17(11-13-7-9-14(18)10-8-13)15-5-4-6-16(19)12(15)2/h4-10,17,20H,3,11H2,1-2H3. The molecule has 0 fully saturated rings. The highest BCUT2D eigenvalue weighted by atomic mass is 79.9. The van der Waals surface area contributed by atoms with Gasteiger partial charge in [0.15, 0.2) is 0 Å². The normalized spacial score (nSPS) is 12.4. The predicted octanol–water partition coefficient (Wildman–Crippen LogP) is 5.30. The summed E-state index contributed by atoms with van der Waals surface area (Å²) in [6.07, 6.45) is 0.961. The number of rotatable bonds is 5. The molecule has 0 heterocycles. The summed E-state index contributed by atoms with van der Waals surface area (Å²) in [5.74, 6) is 0. The number of nitrogens with one attached hydrogen (secondary N) is 1. The minimum absolute atomic E-state index is 0.292. The first-order valence-electron chi connectivity index (χ1n) is 6.84. The van der Waals surface area contributed by atoms with Crippen LogP contribution in [0, 0.1) is 6.92 Å². The quantitative estimate of drug-likeness (QED) is 0.769. The van der Waals surface area contributed by atoms with Gasteiger partial charge < -0.3 is 5.32 Å². The maximum atomic E-state index is 6.25. The van der Waals surface area contributed by atoms with E-state index in [9.17, 15) is 0 Å². The van der Waals surface area contributed by atoms with Crippen LogP contribution in [0.25, 0.3) is 0 Å². The van der Waals surface area contributed by atoms with Crippen LogP contribution in [0.4, 0.5) is 0 Å². The Labute approximate surface area is 134 Å². The van der Waals surface area contributed by atoms with Gasteiger partial charge in [-0.1, -0.05) is 58.7 Å². The lowest BCUT2D eigenvalue weighted by molar-refractivity contribution is 0.547. The van der Waals surface area contributed by atoms with Crippen molar-refractivity contribution in [2.75, 3.05) is 6.54 Å². The van der Waals surface area contributed by atoms with E-state index in [1.807, 2.05) is 12.1 Å². The fourth-order valence-electron chi connectivity index (χ4n) is 2.40. The zero-order chi connectivity index (χ0) is 14.5. The third kappa shape index (κ3) is 3.85. The second-order valence-corrected chi connectivity index (χ2v) is 6.22. The molecule has 0 amide bonds. The smallest absolute Gasteiger partial charge is 0.0438 e. The van der Waals surface area contributed by atoms with Crippen LogP contribution in [0.3, 0.4) is 0 Å². The number of benzene rings is 2. The third-order valence-corrected chi connectivity index (χ3v) is 4.43. The Hall–Kier alpha value is -0.830. The van der Waals surface area contributed by atoms with Gasteiger partial charge in [0.05, 0.1) is 0 Å². The van der Waals surface area contributed by atoms with Gasteiger partial charge in [0.1, 0.15) is 0 Å². The lowest BCUT2D eigenvalue weighted by Gasteiger charge is -2.21. The van der Waals surface area contributed by atoms with E-state index in [2.05, 4.69) is 65.4 Å². The van der Waals surface area contributed by atoms with Crippen molar-refractivity contribution >= 4 is 27.5 Å². The molecule has 2 rings (SSSR count). The Morgan fingerprint density at radius 2 is 1.85 bits per heavy atom. The molecule has 1 atom stereocenters. The molecule has 0 aliphatic rings. The van der Waals surface area contributed by atoms with Crippen LogP contribution in [0.5, 0.6) is 0 Å². The Bertz CT molecular complexity index is 566. The van der Waals surface area contributed by atoms with Crippen molar-refractivity contribution in [1.29, 1.82) is 0 Å². The average molecular weight is 353 g/mol. The molecule has 0 saturated heterocycles. The minimum atomic E-state index is 0.292. The highest BCUT2D eigenvalue weighted by Gasteiger charge is 2.14. The highest BCUT2D eigenvalue weighted by Crippen LogP contribution is 2.27. The van der Waals surface area contributed by atoms with Crippen molar-refractivity contribution in [3.8, 4) is 0 Å². The van der Waals surface area contributed by atoms with Crippen molar-refractivity contribution in [3.05, 3.63) is 68.7 Å². The van der Waals surface area contributed by atoms with Crippen molar-refractivity contribution in [3.63, 3.8) is 0 Å². The molecule has 0 aliphatic carbocycles. The second-order valence-electron chi connectivity index (χ2n) is 4.89. The average Bonchev–Trinajstić information content (AvgIpc) is 2.44. The Morgan fingerprint density at radius 1 is 1.15 bits per heavy atom. The van der Waals surface area contributed by atoms with Gasteiger partial charge in [-0.05, 0) is 54.8 Å². The molecule has 2 aromatic rings. The SMILES string of the molecule is CCNC(Cc1ccc(Br)cc1)c1cccc(Cl)c1C. The molecule has 0 aromatic heterocycles. The third-order valence-electron chi connectivity index (χ3n) is 3.49. The lowest BCUT2D eigenvalue weighted by atomic mass is 9.95. The van der Waals surface area contributed by atoms with E-state index in [4.69, 9.17) is 11.6 Å². The van der Waals surface area contributed by atoms with Gasteiger partial charge in [0, 0.05) is 15.5 Å². The Morgan fingerprint density at radius 3 is 2.50 bits per heavy atom. The van der Waals surface area contributed by atoms with Gasteiger partial charge in [-0.3, -0.25) is 0 Å². The fourth-order valence-corrected chi connectivity index (χ4v) is 2.84. The molecule has 0 saturated carbocycles. The fraction of sp³-hybridized carbons (Fsp3) is 0.294. The summed E-state index contributed by atoms with van der Waals surface area (Å²) < 4.78 is 1.11. The van der Waals surface area contributed by atoms with E-state index in [1.165, 1.54) is 11.1 Å². The lowest BCUT2D eigenvalue weighted by Crippen LogP contribution is -2.23. The zero-order valence-corrected chi connectivity index (χ0v) is 14.1. The van der Waals surface area contributed by atoms with Gasteiger partial charge in [0.25, 0.3) is 0 Å². The van der Waals surface area contributed by atoms with E-state index in [1.54, 1.807) is 0 Å². The Kier molecular flexibility index (Phi) is 5.64. The van der Waals surface area contributed by atoms with Crippen molar-refractivity contribution in [2.45, 2.75) is 26.3 Å². The van der Waals surface area contributed by atoms with Gasteiger partial charge in [0.2, 0.25) is 0 Å². The van der Waals surface area contributed by atoms with Crippen molar-refractivity contribution in [2.24, 2.45) is 0 Å². The summed E-state index contributed by atoms with van der Waals surface area (Å²) in [6.45, 7) is 5.16. The monoisotopic (exact) mass is 351 g/mol. The van der Waals surface area contributed by atoms with Gasteiger partial charge in [-0.2, -0.15) is 0 Å². The summed E-state index contributed by atoms with van der Waals surface area (Å²) in [6, 6.07) is 14.9. The molecule has 3 heteroatoms.